The molecular formula is C34H37ClFN3O6S. The molecule has 5 rings (SSSR count). The van der Waals surface area contributed by atoms with E-state index >= 15 is 0 Å². The van der Waals surface area contributed by atoms with Crippen LogP contribution >= 0.6 is 11.6 Å². The second-order valence-corrected chi connectivity index (χ2v) is 13.3. The highest BCUT2D eigenvalue weighted by atomic mass is 35.5. The summed E-state index contributed by atoms with van der Waals surface area (Å²) in [6.45, 7) is 3.55. The first kappa shape index (κ1) is 35.1. The molecule has 1 fully saturated rings. The van der Waals surface area contributed by atoms with Crippen molar-refractivity contribution >= 4 is 33.3 Å². The van der Waals surface area contributed by atoms with Gasteiger partial charge in [-0.3, -0.25) is 4.79 Å². The third-order valence-corrected chi connectivity index (χ3v) is 8.83. The van der Waals surface area contributed by atoms with Crippen molar-refractivity contribution in [2.45, 2.75) is 38.6 Å². The Morgan fingerprint density at radius 2 is 1.65 bits per heavy atom. The van der Waals surface area contributed by atoms with Gasteiger partial charge in [-0.2, -0.15) is 4.65 Å². The molecule has 0 unspecified atom stereocenters. The van der Waals surface area contributed by atoms with E-state index in [9.17, 15) is 27.4 Å². The van der Waals surface area contributed by atoms with E-state index in [0.29, 0.717) is 25.2 Å². The number of aromatic nitrogens is 1. The van der Waals surface area contributed by atoms with Crippen LogP contribution in [0.25, 0.3) is 11.1 Å². The van der Waals surface area contributed by atoms with Crippen molar-refractivity contribution in [3.8, 4) is 11.1 Å². The number of carbonyl (C=O) groups is 1. The average Bonchev–Trinajstić information content (AvgIpc) is 3.02. The van der Waals surface area contributed by atoms with Gasteiger partial charge in [0.15, 0.2) is 0 Å². The highest BCUT2D eigenvalue weighted by Crippen LogP contribution is 2.36. The van der Waals surface area contributed by atoms with Crippen LogP contribution in [0.3, 0.4) is 0 Å². The Balaban J connectivity index is 0.000000533. The minimum Gasteiger partial charge on any atom is -0.748 e. The van der Waals surface area contributed by atoms with Gasteiger partial charge >= 0.3 is 0 Å². The zero-order valence-electron chi connectivity index (χ0n) is 25.4. The van der Waals surface area contributed by atoms with Gasteiger partial charge in [0, 0.05) is 48.2 Å². The molecule has 46 heavy (non-hydrogen) atoms. The van der Waals surface area contributed by atoms with E-state index in [1.807, 2.05) is 43.3 Å². The van der Waals surface area contributed by atoms with Crippen molar-refractivity contribution in [1.29, 1.82) is 0 Å². The number of hydrogen-bond donors (Lipinski definition) is 3. The zero-order valence-corrected chi connectivity index (χ0v) is 27.0. The van der Waals surface area contributed by atoms with Gasteiger partial charge in [0.1, 0.15) is 30.6 Å². The number of nitrogens with zero attached hydrogens (tertiary/aromatic N) is 2. The molecule has 1 saturated heterocycles. The fraction of sp³-hybridized carbons (Fsp3) is 0.294. The molecule has 0 spiro atoms. The largest absolute Gasteiger partial charge is 0.748 e. The van der Waals surface area contributed by atoms with E-state index in [4.69, 9.17) is 16.7 Å². The lowest BCUT2D eigenvalue weighted by atomic mass is 9.87. The van der Waals surface area contributed by atoms with E-state index < -0.39 is 15.9 Å². The van der Waals surface area contributed by atoms with Gasteiger partial charge in [0.05, 0.1) is 10.1 Å². The number of hydrogen-bond acceptors (Lipinski definition) is 7. The molecule has 0 saturated carbocycles. The maximum absolute atomic E-state index is 13.2. The molecule has 0 atom stereocenters. The molecule has 0 aliphatic carbocycles. The molecule has 244 valence electrons. The number of aryl methyl sites for hydroxylation is 1. The van der Waals surface area contributed by atoms with Gasteiger partial charge in [0.2, 0.25) is 0 Å². The molecule has 0 bridgehead atoms. The zero-order chi connectivity index (χ0) is 33.3. The fourth-order valence-corrected chi connectivity index (χ4v) is 6.07. The summed E-state index contributed by atoms with van der Waals surface area (Å²) in [6, 6.07) is 23.8. The summed E-state index contributed by atoms with van der Waals surface area (Å²) in [6.07, 6.45) is 3.16. The molecule has 3 N–H and O–H groups in total. The van der Waals surface area contributed by atoms with Crippen molar-refractivity contribution < 1.29 is 37.1 Å². The Bertz CT molecular complexity index is 1730. The number of carbonyl (C=O) groups excluding carboxylic acids is 1. The normalized spacial score (nSPS) is 17.9. The van der Waals surface area contributed by atoms with Gasteiger partial charge < -0.3 is 15.0 Å². The van der Waals surface area contributed by atoms with E-state index in [0.717, 1.165) is 46.3 Å². The number of aliphatic hydroxyl groups is 1. The van der Waals surface area contributed by atoms with Crippen LogP contribution in [0.4, 0.5) is 10.1 Å². The molecule has 3 aromatic carbocycles. The lowest BCUT2D eigenvalue weighted by Gasteiger charge is -2.37. The Morgan fingerprint density at radius 3 is 2.22 bits per heavy atom. The van der Waals surface area contributed by atoms with Crippen molar-refractivity contribution in [3.05, 3.63) is 118 Å². The number of likely N-dealkylation sites (tertiary alicyclic amines) is 1. The number of amides is 1. The molecule has 1 amide bonds. The number of piperidine rings is 1. The Hall–Kier alpha value is -3.71. The lowest BCUT2D eigenvalue weighted by molar-refractivity contribution is -1.12. The second kappa shape index (κ2) is 15.7. The summed E-state index contributed by atoms with van der Waals surface area (Å²) in [5.41, 5.74) is 6.48. The molecular weight excluding hydrogens is 633 g/mol. The SMILES string of the molecule is Cc1ccc(NC(=O)c2ccnc(Cl)c2)c(C2CC[N+](O)(Cc3ccc(-c4ccc(F)cc4)cc3)CC2)c1.O=S(=O)([O-])CCCO. The number of rotatable bonds is 9. The van der Waals surface area contributed by atoms with Crippen LogP contribution < -0.4 is 5.32 Å². The number of halogens is 2. The maximum atomic E-state index is 13.2. The highest BCUT2D eigenvalue weighted by Gasteiger charge is 2.35. The Kier molecular flexibility index (Phi) is 12.0. The first-order valence-corrected chi connectivity index (χ1v) is 16.8. The average molecular weight is 670 g/mol. The molecule has 9 nitrogen and oxygen atoms in total. The van der Waals surface area contributed by atoms with Gasteiger partial charge in [0.25, 0.3) is 5.91 Å². The first-order chi connectivity index (χ1) is 21.8. The van der Waals surface area contributed by atoms with Crippen LogP contribution in [0, 0.1) is 12.7 Å². The van der Waals surface area contributed by atoms with Crippen molar-refractivity contribution in [2.24, 2.45) is 0 Å². The molecule has 2 heterocycles. The predicted molar refractivity (Wildman–Crippen MR) is 174 cm³/mol. The van der Waals surface area contributed by atoms with E-state index in [1.165, 1.54) is 18.3 Å². The third-order valence-electron chi connectivity index (χ3n) is 7.83. The van der Waals surface area contributed by atoms with Crippen LogP contribution in [-0.4, -0.2) is 64.3 Å². The van der Waals surface area contributed by atoms with Crippen LogP contribution in [0.1, 0.15) is 52.2 Å². The molecule has 1 aromatic heterocycles. The number of quaternary nitrogens is 1. The summed E-state index contributed by atoms with van der Waals surface area (Å²) >= 11 is 5.96. The number of nitrogens with one attached hydrogen (secondary N) is 1. The number of aliphatic hydroxyl groups excluding tert-OH is 1. The Labute approximate surface area is 273 Å². The molecule has 0 radical (unpaired) electrons. The second-order valence-electron chi connectivity index (χ2n) is 11.4. The van der Waals surface area contributed by atoms with Crippen molar-refractivity contribution in [2.75, 3.05) is 30.8 Å². The highest BCUT2D eigenvalue weighted by molar-refractivity contribution is 7.85. The number of anilines is 1. The number of hydroxylamine groups is 3. The minimum atomic E-state index is -4.10. The van der Waals surface area contributed by atoms with E-state index in [2.05, 4.69) is 16.4 Å². The summed E-state index contributed by atoms with van der Waals surface area (Å²) in [4.78, 5) is 16.8. The van der Waals surface area contributed by atoms with Crippen LogP contribution in [-0.2, 0) is 16.7 Å². The maximum Gasteiger partial charge on any atom is 0.255 e. The molecule has 1 aliphatic rings. The van der Waals surface area contributed by atoms with Gasteiger partial charge in [-0.15, -0.1) is 0 Å². The molecule has 4 aromatic rings. The Morgan fingerprint density at radius 1 is 1.02 bits per heavy atom. The summed E-state index contributed by atoms with van der Waals surface area (Å²) < 4.78 is 42.4. The van der Waals surface area contributed by atoms with E-state index in [1.54, 1.807) is 24.3 Å². The standard InChI is InChI=1S/C31H29ClFN3O2.C3H8O4S/c1-21-2-11-29(35-31(37)26-12-15-34-30(32)19-26)28(18-21)25-13-16-36(38,17-14-25)20-22-3-5-23(6-4-22)24-7-9-27(33)10-8-24;4-2-1-3-8(5,6)7/h2-12,15,18-19,25,38H,13-14,16-17,20H2,1H3;4H,1-3H2,(H,5,6,7). The monoisotopic (exact) mass is 669 g/mol. The fourth-order valence-electron chi connectivity index (χ4n) is 5.42. The van der Waals surface area contributed by atoms with Crippen molar-refractivity contribution in [1.82, 2.24) is 4.98 Å². The van der Waals surface area contributed by atoms with Crippen LogP contribution in [0.15, 0.2) is 85.1 Å². The molecule has 1 aliphatic heterocycles. The predicted octanol–water partition coefficient (Wildman–Crippen LogP) is 6.30. The topological polar surface area (TPSA) is 140 Å². The smallest absolute Gasteiger partial charge is 0.255 e. The van der Waals surface area contributed by atoms with Gasteiger partial charge in [-0.1, -0.05) is 65.7 Å². The minimum absolute atomic E-state index is 0.0184. The van der Waals surface area contributed by atoms with Crippen LogP contribution in [0.2, 0.25) is 5.15 Å². The summed E-state index contributed by atoms with van der Waals surface area (Å²) in [5, 5.41) is 22.7. The van der Waals surface area contributed by atoms with Crippen LogP contribution in [0.5, 0.6) is 0 Å². The summed E-state index contributed by atoms with van der Waals surface area (Å²) in [7, 11) is -4.10. The quantitative estimate of drug-likeness (QED) is 0.108. The third kappa shape index (κ3) is 10.4. The van der Waals surface area contributed by atoms with E-state index in [-0.39, 0.29) is 40.5 Å². The lowest BCUT2D eigenvalue weighted by Crippen LogP contribution is -2.49. The number of pyridine rings is 1. The molecule has 12 heteroatoms. The van der Waals surface area contributed by atoms with Gasteiger partial charge in [-0.05, 0) is 66.3 Å². The van der Waals surface area contributed by atoms with Crippen molar-refractivity contribution in [3.63, 3.8) is 0 Å². The number of benzene rings is 3. The van der Waals surface area contributed by atoms with Gasteiger partial charge in [-0.25, -0.2) is 23.0 Å². The summed E-state index contributed by atoms with van der Waals surface area (Å²) in [5.74, 6) is -0.722. The first-order valence-electron chi connectivity index (χ1n) is 14.9.